The predicted octanol–water partition coefficient (Wildman–Crippen LogP) is 4.10. The van der Waals surface area contributed by atoms with E-state index in [1.807, 2.05) is 24.0 Å². The topological polar surface area (TPSA) is 92.4 Å². The lowest BCUT2D eigenvalue weighted by Gasteiger charge is -2.33. The smallest absolute Gasteiger partial charge is 0.259 e. The van der Waals surface area contributed by atoms with Crippen LogP contribution in [-0.4, -0.2) is 47.9 Å². The molecule has 9 heteroatoms. The average molecular weight is 461 g/mol. The zero-order valence-electron chi connectivity index (χ0n) is 18.8. The van der Waals surface area contributed by atoms with Gasteiger partial charge in [0, 0.05) is 31.0 Å². The Morgan fingerprint density at radius 3 is 2.85 bits per heavy atom. The molecular weight excluding hydrogens is 437 g/mol. The van der Waals surface area contributed by atoms with Crippen molar-refractivity contribution in [3.05, 3.63) is 70.9 Å². The number of H-pyrrole nitrogens is 1. The third-order valence-electron chi connectivity index (χ3n) is 5.74. The number of hydrogen-bond donors (Lipinski definition) is 2. The molecule has 5 rings (SSSR count). The molecule has 0 radical (unpaired) electrons. The molecule has 2 N–H and O–H groups in total. The van der Waals surface area contributed by atoms with Gasteiger partial charge in [-0.1, -0.05) is 6.07 Å². The van der Waals surface area contributed by atoms with Crippen molar-refractivity contribution in [2.75, 3.05) is 37.0 Å². The van der Waals surface area contributed by atoms with E-state index in [9.17, 15) is 4.79 Å². The summed E-state index contributed by atoms with van der Waals surface area (Å²) in [6.45, 7) is 3.79. The molecule has 3 aromatic heterocycles. The number of ether oxygens (including phenoxy) is 2. The summed E-state index contributed by atoms with van der Waals surface area (Å²) >= 11 is 0. The van der Waals surface area contributed by atoms with E-state index in [4.69, 9.17) is 9.47 Å². The normalized spacial score (nSPS) is 16.0. The van der Waals surface area contributed by atoms with Gasteiger partial charge in [0.1, 0.15) is 11.6 Å². The molecule has 1 saturated heterocycles. The molecule has 174 valence electrons. The van der Waals surface area contributed by atoms with Crippen LogP contribution in [0.3, 0.4) is 0 Å². The summed E-state index contributed by atoms with van der Waals surface area (Å²) in [4.78, 5) is 26.4. The maximum absolute atomic E-state index is 15.1. The highest BCUT2D eigenvalue weighted by Gasteiger charge is 2.20. The minimum absolute atomic E-state index is 0.0428. The number of anilines is 3. The molecule has 0 spiro atoms. The standard InChI is InChI=1S/C25H24FN5O3/c1-15-14-31(10-11-34-15)21-7-6-17(13-18(21)26)28-24-23-16(8-9-27-25(23)32)12-20(30-24)19-4-3-5-22(29-19)33-2/h3-9,12-13,15H,10-11,14H2,1-2H3,(H,27,32)(H,28,30)/t15-/m1/s1. The number of pyridine rings is 3. The third kappa shape index (κ3) is 4.29. The Hall–Kier alpha value is -3.98. The molecule has 0 bridgehead atoms. The quantitative estimate of drug-likeness (QED) is 0.462. The van der Waals surface area contributed by atoms with E-state index in [0.29, 0.717) is 64.9 Å². The number of rotatable bonds is 5. The van der Waals surface area contributed by atoms with Crippen molar-refractivity contribution < 1.29 is 13.9 Å². The minimum atomic E-state index is -0.358. The lowest BCUT2D eigenvalue weighted by molar-refractivity contribution is 0.0530. The highest BCUT2D eigenvalue weighted by Crippen LogP contribution is 2.30. The molecule has 4 heterocycles. The number of nitrogens with one attached hydrogen (secondary N) is 2. The van der Waals surface area contributed by atoms with Crippen LogP contribution in [0.5, 0.6) is 5.88 Å². The first-order chi connectivity index (χ1) is 16.5. The van der Waals surface area contributed by atoms with E-state index in [2.05, 4.69) is 20.3 Å². The molecule has 1 atom stereocenters. The monoisotopic (exact) mass is 461 g/mol. The van der Waals surface area contributed by atoms with Crippen LogP contribution < -0.4 is 20.5 Å². The molecule has 1 aliphatic rings. The molecular formula is C25H24FN5O3. The van der Waals surface area contributed by atoms with E-state index >= 15 is 4.39 Å². The van der Waals surface area contributed by atoms with Gasteiger partial charge in [0.15, 0.2) is 0 Å². The number of aromatic nitrogens is 3. The summed E-state index contributed by atoms with van der Waals surface area (Å²) < 4.78 is 25.8. The highest BCUT2D eigenvalue weighted by atomic mass is 19.1. The lowest BCUT2D eigenvalue weighted by Crippen LogP contribution is -2.41. The first kappa shape index (κ1) is 21.8. The third-order valence-corrected chi connectivity index (χ3v) is 5.74. The SMILES string of the molecule is COc1cccc(-c2cc3cc[nH]c(=O)c3c(Nc3ccc(N4CCO[C@H](C)C4)c(F)c3)n2)n1. The summed E-state index contributed by atoms with van der Waals surface area (Å²) in [5.41, 5.74) is 1.85. The van der Waals surface area contributed by atoms with Crippen LogP contribution in [0.1, 0.15) is 6.92 Å². The Balaban J connectivity index is 1.54. The molecule has 0 aliphatic carbocycles. The molecule has 0 unspecified atom stereocenters. The van der Waals surface area contributed by atoms with Crippen molar-refractivity contribution in [2.24, 2.45) is 0 Å². The molecule has 1 aromatic carbocycles. The fourth-order valence-electron chi connectivity index (χ4n) is 4.12. The van der Waals surface area contributed by atoms with Crippen LogP contribution in [0.2, 0.25) is 0 Å². The second kappa shape index (κ2) is 9.11. The second-order valence-corrected chi connectivity index (χ2v) is 8.11. The highest BCUT2D eigenvalue weighted by molar-refractivity contribution is 5.95. The van der Waals surface area contributed by atoms with Gasteiger partial charge in [-0.25, -0.2) is 14.4 Å². The fraction of sp³-hybridized carbons (Fsp3) is 0.240. The van der Waals surface area contributed by atoms with E-state index < -0.39 is 0 Å². The number of methoxy groups -OCH3 is 1. The molecule has 0 amide bonds. The van der Waals surface area contributed by atoms with Crippen molar-refractivity contribution in [1.82, 2.24) is 15.0 Å². The van der Waals surface area contributed by atoms with Crippen LogP contribution in [0.25, 0.3) is 22.2 Å². The fourth-order valence-corrected chi connectivity index (χ4v) is 4.12. The Bertz CT molecular complexity index is 1410. The van der Waals surface area contributed by atoms with Gasteiger partial charge in [0.05, 0.1) is 42.3 Å². The van der Waals surface area contributed by atoms with E-state index in [1.54, 1.807) is 43.6 Å². The largest absolute Gasteiger partial charge is 0.481 e. The van der Waals surface area contributed by atoms with Gasteiger partial charge in [0.2, 0.25) is 5.88 Å². The maximum Gasteiger partial charge on any atom is 0.259 e. The van der Waals surface area contributed by atoms with Crippen LogP contribution in [0.15, 0.2) is 59.5 Å². The number of fused-ring (bicyclic) bond motifs is 1. The second-order valence-electron chi connectivity index (χ2n) is 8.11. The number of hydrogen-bond acceptors (Lipinski definition) is 7. The summed E-state index contributed by atoms with van der Waals surface area (Å²) in [7, 11) is 1.54. The molecule has 1 aliphatic heterocycles. The number of nitrogens with zero attached hydrogens (tertiary/aromatic N) is 3. The van der Waals surface area contributed by atoms with Gasteiger partial charge in [-0.3, -0.25) is 4.79 Å². The van der Waals surface area contributed by atoms with Gasteiger partial charge in [-0.05, 0) is 48.7 Å². The Morgan fingerprint density at radius 2 is 2.06 bits per heavy atom. The Kier molecular flexibility index (Phi) is 5.85. The molecule has 1 fully saturated rings. The average Bonchev–Trinajstić information content (AvgIpc) is 2.84. The van der Waals surface area contributed by atoms with E-state index in [1.165, 1.54) is 6.07 Å². The van der Waals surface area contributed by atoms with Crippen LogP contribution in [-0.2, 0) is 4.74 Å². The zero-order valence-corrected chi connectivity index (χ0v) is 18.8. The molecule has 8 nitrogen and oxygen atoms in total. The van der Waals surface area contributed by atoms with Crippen LogP contribution in [0.4, 0.5) is 21.6 Å². The molecule has 34 heavy (non-hydrogen) atoms. The van der Waals surface area contributed by atoms with Gasteiger partial charge < -0.3 is 24.7 Å². The predicted molar refractivity (Wildman–Crippen MR) is 129 cm³/mol. The minimum Gasteiger partial charge on any atom is -0.481 e. The Labute approximate surface area is 195 Å². The first-order valence-electron chi connectivity index (χ1n) is 11.0. The van der Waals surface area contributed by atoms with Crippen molar-refractivity contribution >= 4 is 28.0 Å². The van der Waals surface area contributed by atoms with Crippen molar-refractivity contribution in [2.45, 2.75) is 13.0 Å². The van der Waals surface area contributed by atoms with Crippen LogP contribution in [0, 0.1) is 5.82 Å². The number of morpholine rings is 1. The first-order valence-corrected chi connectivity index (χ1v) is 11.0. The van der Waals surface area contributed by atoms with Gasteiger partial charge in [-0.2, -0.15) is 0 Å². The summed E-state index contributed by atoms with van der Waals surface area (Å²) in [6, 6.07) is 13.9. The molecule has 0 saturated carbocycles. The van der Waals surface area contributed by atoms with Crippen LogP contribution >= 0.6 is 0 Å². The molecule has 4 aromatic rings. The summed E-state index contributed by atoms with van der Waals surface area (Å²) in [5.74, 6) is 0.406. The van der Waals surface area contributed by atoms with Gasteiger partial charge in [0.25, 0.3) is 5.56 Å². The number of benzene rings is 1. The number of halogens is 1. The maximum atomic E-state index is 15.1. The summed E-state index contributed by atoms with van der Waals surface area (Å²) in [5, 5.41) is 4.19. The number of aromatic amines is 1. The van der Waals surface area contributed by atoms with Crippen molar-refractivity contribution in [1.29, 1.82) is 0 Å². The van der Waals surface area contributed by atoms with Gasteiger partial charge >= 0.3 is 0 Å². The van der Waals surface area contributed by atoms with Crippen molar-refractivity contribution in [3.63, 3.8) is 0 Å². The lowest BCUT2D eigenvalue weighted by atomic mass is 10.1. The summed E-state index contributed by atoms with van der Waals surface area (Å²) in [6.07, 6.45) is 1.62. The van der Waals surface area contributed by atoms with E-state index in [-0.39, 0.29) is 17.5 Å². The van der Waals surface area contributed by atoms with E-state index in [0.717, 1.165) is 0 Å². The Morgan fingerprint density at radius 1 is 1.18 bits per heavy atom. The van der Waals surface area contributed by atoms with Crippen molar-refractivity contribution in [3.8, 4) is 17.3 Å². The van der Waals surface area contributed by atoms with Gasteiger partial charge in [-0.15, -0.1) is 0 Å². The zero-order chi connectivity index (χ0) is 23.7.